The number of ether oxygens (including phenoxy) is 13. The summed E-state index contributed by atoms with van der Waals surface area (Å²) < 4.78 is 97.2. The SMILES string of the molecule is CCCCCOC1(OC2CCC2)C(OCCC(C)C)(OCC(C)(C)C)C(OC2CCCC2)(OC(OC)(OCC)OCCC)C(OC(C)C)(OC2CC2)C1(OCCCC)OC(C)(C)C. The first-order valence-electron chi connectivity index (χ1n) is 25.2. The average molecular weight is 903 g/mol. The second kappa shape index (κ2) is 23.7. The molecular weight excluding hydrogens is 809 g/mol. The van der Waals surface area contributed by atoms with Crippen molar-refractivity contribution in [3.63, 3.8) is 0 Å². The first-order chi connectivity index (χ1) is 29.7. The highest BCUT2D eigenvalue weighted by molar-refractivity contribution is 5.30. The van der Waals surface area contributed by atoms with Crippen LogP contribution in [0.2, 0.25) is 0 Å². The van der Waals surface area contributed by atoms with Gasteiger partial charge in [-0.3, -0.25) is 4.74 Å². The summed E-state index contributed by atoms with van der Waals surface area (Å²) in [7, 11) is 1.50. The van der Waals surface area contributed by atoms with Gasteiger partial charge < -0.3 is 56.8 Å². The van der Waals surface area contributed by atoms with Crippen molar-refractivity contribution in [3.8, 4) is 0 Å². The maximum Gasteiger partial charge on any atom is 0.415 e. The molecule has 13 heteroatoms. The van der Waals surface area contributed by atoms with E-state index in [1.54, 1.807) is 0 Å². The lowest BCUT2D eigenvalue weighted by molar-refractivity contribution is -0.603. The Hall–Kier alpha value is -0.520. The molecule has 13 nitrogen and oxygen atoms in total. The van der Waals surface area contributed by atoms with Crippen LogP contribution in [-0.4, -0.2) is 112 Å². The van der Waals surface area contributed by atoms with Crippen LogP contribution in [0.5, 0.6) is 0 Å². The van der Waals surface area contributed by atoms with Gasteiger partial charge in [0.25, 0.3) is 28.9 Å². The third-order valence-electron chi connectivity index (χ3n) is 11.8. The molecule has 6 unspecified atom stereocenters. The van der Waals surface area contributed by atoms with Gasteiger partial charge in [-0.05, 0) is 124 Å². The molecule has 0 heterocycles. The van der Waals surface area contributed by atoms with Crippen LogP contribution >= 0.6 is 0 Å². The van der Waals surface area contributed by atoms with Crippen molar-refractivity contribution in [3.05, 3.63) is 0 Å². The van der Waals surface area contributed by atoms with Crippen molar-refractivity contribution >= 4 is 0 Å². The van der Waals surface area contributed by atoms with E-state index >= 15 is 0 Å². The Morgan fingerprint density at radius 1 is 0.524 bits per heavy atom. The highest BCUT2D eigenvalue weighted by Gasteiger charge is 3.01. The van der Waals surface area contributed by atoms with E-state index in [9.17, 15) is 0 Å². The number of hydrogen-bond acceptors (Lipinski definition) is 13. The molecule has 4 rings (SSSR count). The van der Waals surface area contributed by atoms with Gasteiger partial charge in [-0.1, -0.05) is 87.5 Å². The molecule has 0 aliphatic heterocycles. The molecule has 4 fully saturated rings. The summed E-state index contributed by atoms with van der Waals surface area (Å²) in [6.45, 7) is 30.0. The summed E-state index contributed by atoms with van der Waals surface area (Å²) in [4.78, 5) is 0. The van der Waals surface area contributed by atoms with Gasteiger partial charge in [0, 0.05) is 7.11 Å². The fourth-order valence-electron chi connectivity index (χ4n) is 8.56. The zero-order valence-electron chi connectivity index (χ0n) is 42.8. The molecule has 0 saturated heterocycles. The fraction of sp³-hybridized carbons (Fsp3) is 1.00. The minimum Gasteiger partial charge on any atom is -0.341 e. The van der Waals surface area contributed by atoms with Crippen LogP contribution in [0.25, 0.3) is 0 Å². The number of methoxy groups -OCH3 is 1. The number of rotatable bonds is 32. The Balaban J connectivity index is 2.44. The van der Waals surface area contributed by atoms with E-state index in [0.29, 0.717) is 25.7 Å². The van der Waals surface area contributed by atoms with E-state index in [-0.39, 0.29) is 57.8 Å². The largest absolute Gasteiger partial charge is 0.415 e. The molecule has 0 bridgehead atoms. The molecule has 0 amide bonds. The predicted octanol–water partition coefficient (Wildman–Crippen LogP) is 11.3. The quantitative estimate of drug-likeness (QED) is 0.0471. The molecule has 4 saturated carbocycles. The van der Waals surface area contributed by atoms with E-state index < -0.39 is 58.3 Å². The highest BCUT2D eigenvalue weighted by Crippen LogP contribution is 2.71. The van der Waals surface area contributed by atoms with Crippen LogP contribution in [-0.2, 0) is 61.6 Å². The maximum atomic E-state index is 7.94. The van der Waals surface area contributed by atoms with Crippen molar-refractivity contribution in [2.45, 2.75) is 265 Å². The highest BCUT2D eigenvalue weighted by atomic mass is 17.1. The van der Waals surface area contributed by atoms with Crippen LogP contribution in [0.3, 0.4) is 0 Å². The normalized spacial score (nSPS) is 30.8. The Bertz CT molecular complexity index is 1300. The molecule has 63 heavy (non-hydrogen) atoms. The molecular formula is C50H94O13. The van der Waals surface area contributed by atoms with Gasteiger partial charge in [0.05, 0.1) is 69.7 Å². The second-order valence-corrected chi connectivity index (χ2v) is 21.2. The van der Waals surface area contributed by atoms with Crippen molar-refractivity contribution in [1.82, 2.24) is 0 Å². The van der Waals surface area contributed by atoms with Gasteiger partial charge in [-0.2, -0.15) is 0 Å². The summed E-state index contributed by atoms with van der Waals surface area (Å²) in [5.41, 5.74) is -1.40. The lowest BCUT2D eigenvalue weighted by atomic mass is 9.93. The van der Waals surface area contributed by atoms with Gasteiger partial charge >= 0.3 is 6.16 Å². The maximum absolute atomic E-state index is 7.94. The first-order valence-corrected chi connectivity index (χ1v) is 25.2. The molecule has 0 spiro atoms. The third-order valence-corrected chi connectivity index (χ3v) is 11.8. The van der Waals surface area contributed by atoms with Crippen LogP contribution < -0.4 is 0 Å². The van der Waals surface area contributed by atoms with E-state index in [4.69, 9.17) is 61.6 Å². The lowest BCUT2D eigenvalue weighted by Crippen LogP contribution is -2.77. The standard InChI is InChI=1S/C50H94O13/c1-16-20-24-35-53-46(59-41-28-25-29-41)45(55-36-32-38(5)6,57-37-43(9,10)11)49(61-40-26-22-23-27-40,63-50(51-15,52-19-4)56-33-18-3)48(58-39(7)8,60-42-30-31-42)47(46,54-34-21-17-2)62-44(12,13)14/h38-42H,16-37H2,1-15H3. The third kappa shape index (κ3) is 12.6. The van der Waals surface area contributed by atoms with Crippen LogP contribution in [0, 0.1) is 11.3 Å². The molecule has 4 aliphatic rings. The van der Waals surface area contributed by atoms with E-state index in [1.165, 1.54) is 7.11 Å². The fourth-order valence-corrected chi connectivity index (χ4v) is 8.56. The van der Waals surface area contributed by atoms with Crippen molar-refractivity contribution in [1.29, 1.82) is 0 Å². The zero-order valence-corrected chi connectivity index (χ0v) is 42.8. The molecule has 372 valence electrons. The summed E-state index contributed by atoms with van der Waals surface area (Å²) in [5.74, 6) is -11.0. The minimum atomic E-state index is -2.39. The van der Waals surface area contributed by atoms with Crippen molar-refractivity contribution in [2.75, 3.05) is 46.8 Å². The van der Waals surface area contributed by atoms with Gasteiger partial charge in [-0.25, -0.2) is 0 Å². The summed E-state index contributed by atoms with van der Waals surface area (Å²) in [5, 5.41) is 0. The van der Waals surface area contributed by atoms with Crippen molar-refractivity contribution < 1.29 is 61.6 Å². The average Bonchev–Trinajstić information content (AvgIpc) is 3.83. The molecule has 6 atom stereocenters. The van der Waals surface area contributed by atoms with Gasteiger partial charge in [0.15, 0.2) is 0 Å². The van der Waals surface area contributed by atoms with Crippen LogP contribution in [0.15, 0.2) is 0 Å². The molecule has 0 aromatic carbocycles. The van der Waals surface area contributed by atoms with E-state index in [1.807, 2.05) is 48.5 Å². The Morgan fingerprint density at radius 2 is 1.08 bits per heavy atom. The van der Waals surface area contributed by atoms with Crippen LogP contribution in [0.1, 0.15) is 200 Å². The van der Waals surface area contributed by atoms with E-state index in [0.717, 1.165) is 77.0 Å². The van der Waals surface area contributed by atoms with Gasteiger partial charge in [0.2, 0.25) is 0 Å². The summed E-state index contributed by atoms with van der Waals surface area (Å²) in [6.07, 6.45) is 8.86. The Kier molecular flexibility index (Phi) is 20.7. The summed E-state index contributed by atoms with van der Waals surface area (Å²) >= 11 is 0. The zero-order chi connectivity index (χ0) is 46.6. The van der Waals surface area contributed by atoms with Crippen molar-refractivity contribution in [2.24, 2.45) is 11.3 Å². The number of hydrogen-bond donors (Lipinski definition) is 0. The number of unbranched alkanes of at least 4 members (excludes halogenated alkanes) is 3. The van der Waals surface area contributed by atoms with Gasteiger partial charge in [0.1, 0.15) is 0 Å². The molecule has 4 aliphatic carbocycles. The molecule has 0 radical (unpaired) electrons. The predicted molar refractivity (Wildman–Crippen MR) is 243 cm³/mol. The molecule has 0 aromatic heterocycles. The van der Waals surface area contributed by atoms with Crippen LogP contribution in [0.4, 0.5) is 0 Å². The smallest absolute Gasteiger partial charge is 0.341 e. The monoisotopic (exact) mass is 903 g/mol. The molecule has 0 N–H and O–H groups in total. The van der Waals surface area contributed by atoms with E-state index in [2.05, 4.69) is 48.5 Å². The molecule has 0 aromatic rings. The minimum absolute atomic E-state index is 0.133. The Morgan fingerprint density at radius 3 is 1.57 bits per heavy atom. The second-order valence-electron chi connectivity index (χ2n) is 21.2. The lowest BCUT2D eigenvalue weighted by Gasteiger charge is -2.55. The topological polar surface area (TPSA) is 120 Å². The summed E-state index contributed by atoms with van der Waals surface area (Å²) in [6, 6.07) is 0. The van der Waals surface area contributed by atoms with Gasteiger partial charge in [-0.15, -0.1) is 0 Å². The Labute approximate surface area is 383 Å². The first kappa shape index (κ1) is 55.1.